The Hall–Kier alpha value is -3.09. The molecule has 4 rings (SSSR count). The molecule has 4 nitrogen and oxygen atoms in total. The smallest absolute Gasteiger partial charge is 0.416 e. The summed E-state index contributed by atoms with van der Waals surface area (Å²) in [4.78, 5) is 17.1. The van der Waals surface area contributed by atoms with Crippen LogP contribution in [0.4, 0.5) is 13.2 Å². The van der Waals surface area contributed by atoms with Crippen LogP contribution in [0.5, 0.6) is 11.5 Å². The van der Waals surface area contributed by atoms with Crippen LogP contribution in [0.25, 0.3) is 10.9 Å². The second-order valence-electron chi connectivity index (χ2n) is 6.80. The third-order valence-corrected chi connectivity index (χ3v) is 5.12. The van der Waals surface area contributed by atoms with Crippen molar-refractivity contribution in [3.05, 3.63) is 64.8 Å². The average Bonchev–Trinajstić information content (AvgIpc) is 2.98. The van der Waals surface area contributed by atoms with Crippen LogP contribution in [0, 0.1) is 5.92 Å². The van der Waals surface area contributed by atoms with Crippen molar-refractivity contribution < 1.29 is 27.8 Å². The molecule has 0 saturated carbocycles. The topological polar surface area (TPSA) is 59.4 Å². The van der Waals surface area contributed by atoms with E-state index < -0.39 is 17.7 Å². The molecule has 1 N–H and O–H groups in total. The number of nitrogens with zero attached hydrogens (tertiary/aromatic N) is 1. The molecule has 0 radical (unpaired) electrons. The van der Waals surface area contributed by atoms with E-state index in [-0.39, 0.29) is 23.5 Å². The summed E-state index contributed by atoms with van der Waals surface area (Å²) in [6.07, 6.45) is -2.26. The van der Waals surface area contributed by atoms with Crippen LogP contribution in [0.1, 0.15) is 27.0 Å². The van der Waals surface area contributed by atoms with E-state index in [0.29, 0.717) is 34.2 Å². The number of benzene rings is 2. The molecule has 2 aromatic carbocycles. The van der Waals surface area contributed by atoms with Gasteiger partial charge in [0.1, 0.15) is 11.3 Å². The monoisotopic (exact) mass is 387 g/mol. The molecule has 1 unspecified atom stereocenters. The van der Waals surface area contributed by atoms with Gasteiger partial charge in [0.05, 0.1) is 18.2 Å². The van der Waals surface area contributed by atoms with Gasteiger partial charge in [-0.3, -0.25) is 9.78 Å². The summed E-state index contributed by atoms with van der Waals surface area (Å²) < 4.78 is 43.7. The number of carbonyl (C=O) groups is 1. The van der Waals surface area contributed by atoms with Crippen LogP contribution in [-0.2, 0) is 19.0 Å². The Bertz CT molecular complexity index is 1070. The van der Waals surface area contributed by atoms with Gasteiger partial charge in [-0.15, -0.1) is 0 Å². The first kappa shape index (κ1) is 18.3. The number of ketones is 1. The Kier molecular flexibility index (Phi) is 4.25. The highest BCUT2D eigenvalue weighted by molar-refractivity contribution is 6.11. The van der Waals surface area contributed by atoms with Crippen molar-refractivity contribution >= 4 is 16.7 Å². The predicted octanol–water partition coefficient (Wildman–Crippen LogP) is 4.57. The van der Waals surface area contributed by atoms with Crippen LogP contribution in [0.3, 0.4) is 0 Å². The normalized spacial score (nSPS) is 16.4. The van der Waals surface area contributed by atoms with Crippen LogP contribution in [-0.4, -0.2) is 23.0 Å². The molecule has 7 heteroatoms. The largest absolute Gasteiger partial charge is 0.505 e. The lowest BCUT2D eigenvalue weighted by Crippen LogP contribution is -2.12. The van der Waals surface area contributed by atoms with E-state index in [1.165, 1.54) is 25.4 Å². The highest BCUT2D eigenvalue weighted by Crippen LogP contribution is 2.45. The summed E-state index contributed by atoms with van der Waals surface area (Å²) in [5.41, 5.74) is 0.998. The maximum Gasteiger partial charge on any atom is 0.416 e. The molecule has 28 heavy (non-hydrogen) atoms. The summed E-state index contributed by atoms with van der Waals surface area (Å²) in [7, 11) is 1.49. The van der Waals surface area contributed by atoms with Gasteiger partial charge in [-0.05, 0) is 42.7 Å². The lowest BCUT2D eigenvalue weighted by molar-refractivity contribution is -0.137. The first-order valence-corrected chi connectivity index (χ1v) is 8.68. The molecule has 0 bridgehead atoms. The number of aromatic nitrogens is 1. The number of ether oxygens (including phenoxy) is 1. The number of aromatic hydroxyl groups is 1. The van der Waals surface area contributed by atoms with Gasteiger partial charge in [-0.2, -0.15) is 13.2 Å². The number of rotatable bonds is 3. The molecular formula is C21H16F3NO3. The van der Waals surface area contributed by atoms with E-state index in [2.05, 4.69) is 4.98 Å². The fraction of sp³-hybridized carbons (Fsp3) is 0.238. The number of phenols is 1. The van der Waals surface area contributed by atoms with Gasteiger partial charge in [0.2, 0.25) is 0 Å². The summed E-state index contributed by atoms with van der Waals surface area (Å²) in [6.45, 7) is 0. The minimum atomic E-state index is -4.40. The lowest BCUT2D eigenvalue weighted by atomic mass is 9.95. The van der Waals surface area contributed by atoms with E-state index in [9.17, 15) is 23.1 Å². The second kappa shape index (κ2) is 6.51. The number of phenolic OH excluding ortho intramolecular Hbond substituents is 1. The molecule has 0 spiro atoms. The lowest BCUT2D eigenvalue weighted by Gasteiger charge is -2.12. The molecule has 0 saturated heterocycles. The number of methoxy groups -OCH3 is 1. The minimum absolute atomic E-state index is 0.175. The predicted molar refractivity (Wildman–Crippen MR) is 96.6 cm³/mol. The molecule has 1 atom stereocenters. The molecule has 1 aromatic heterocycles. The highest BCUT2D eigenvalue weighted by atomic mass is 19.4. The molecule has 0 aliphatic heterocycles. The zero-order valence-electron chi connectivity index (χ0n) is 14.9. The third-order valence-electron chi connectivity index (χ3n) is 5.12. The number of Topliss-reactive ketones (excluding diaryl/α,β-unsaturated/α-hetero) is 1. The SMILES string of the molecule is COc1c2c(c(O)c3ncccc13)C(=O)C(Cc1ccc(C(F)(F)F)cc1)C2. The van der Waals surface area contributed by atoms with Gasteiger partial charge in [-0.1, -0.05) is 12.1 Å². The van der Waals surface area contributed by atoms with Crippen LogP contribution in [0.2, 0.25) is 0 Å². The van der Waals surface area contributed by atoms with Crippen molar-refractivity contribution in [1.29, 1.82) is 0 Å². The fourth-order valence-electron chi connectivity index (χ4n) is 3.83. The second-order valence-corrected chi connectivity index (χ2v) is 6.80. The third kappa shape index (κ3) is 2.87. The van der Waals surface area contributed by atoms with Crippen molar-refractivity contribution in [3.8, 4) is 11.5 Å². The minimum Gasteiger partial charge on any atom is -0.505 e. The van der Waals surface area contributed by atoms with Crippen molar-refractivity contribution in [3.63, 3.8) is 0 Å². The summed E-state index contributed by atoms with van der Waals surface area (Å²) >= 11 is 0. The molecule has 0 amide bonds. The highest BCUT2D eigenvalue weighted by Gasteiger charge is 2.37. The number of hydrogen-bond donors (Lipinski definition) is 1. The van der Waals surface area contributed by atoms with Gasteiger partial charge in [0.15, 0.2) is 11.5 Å². The van der Waals surface area contributed by atoms with E-state index in [1.807, 2.05) is 0 Å². The molecule has 144 valence electrons. The van der Waals surface area contributed by atoms with Crippen molar-refractivity contribution in [2.45, 2.75) is 19.0 Å². The number of carbonyl (C=O) groups excluding carboxylic acids is 1. The van der Waals surface area contributed by atoms with Gasteiger partial charge in [0, 0.05) is 23.1 Å². The molecular weight excluding hydrogens is 371 g/mol. The molecule has 0 fully saturated rings. The molecule has 1 aliphatic carbocycles. The standard InChI is InChI=1S/C21H16F3NO3/c1-28-20-14-3-2-8-25-17(14)19(27)16-15(20)10-12(18(16)26)9-11-4-6-13(7-5-11)21(22,23)24/h2-8,12,27H,9-10H2,1H3. The zero-order valence-corrected chi connectivity index (χ0v) is 14.9. The van der Waals surface area contributed by atoms with Crippen molar-refractivity contribution in [1.82, 2.24) is 4.98 Å². The Morgan fingerprint density at radius 3 is 2.57 bits per heavy atom. The average molecular weight is 387 g/mol. The number of alkyl halides is 3. The van der Waals surface area contributed by atoms with Gasteiger partial charge >= 0.3 is 6.18 Å². The van der Waals surface area contributed by atoms with Crippen LogP contribution < -0.4 is 4.74 Å². The van der Waals surface area contributed by atoms with Crippen LogP contribution in [0.15, 0.2) is 42.6 Å². The van der Waals surface area contributed by atoms with E-state index in [1.54, 1.807) is 12.1 Å². The maximum atomic E-state index is 12.9. The first-order valence-electron chi connectivity index (χ1n) is 8.68. The van der Waals surface area contributed by atoms with E-state index in [0.717, 1.165) is 12.1 Å². The molecule has 1 aliphatic rings. The number of halogens is 3. The van der Waals surface area contributed by atoms with E-state index in [4.69, 9.17) is 4.74 Å². The fourth-order valence-corrected chi connectivity index (χ4v) is 3.83. The summed E-state index contributed by atoms with van der Waals surface area (Å²) in [5, 5.41) is 11.2. The van der Waals surface area contributed by atoms with Gasteiger partial charge in [-0.25, -0.2) is 0 Å². The summed E-state index contributed by atoms with van der Waals surface area (Å²) in [5.74, 6) is -0.410. The number of pyridine rings is 1. The van der Waals surface area contributed by atoms with Gasteiger partial charge < -0.3 is 9.84 Å². The first-order chi connectivity index (χ1) is 13.3. The number of fused-ring (bicyclic) bond motifs is 2. The Labute approximate surface area is 158 Å². The van der Waals surface area contributed by atoms with Crippen molar-refractivity contribution in [2.24, 2.45) is 5.92 Å². The Balaban J connectivity index is 1.70. The summed E-state index contributed by atoms with van der Waals surface area (Å²) in [6, 6.07) is 8.26. The number of hydrogen-bond acceptors (Lipinski definition) is 4. The Morgan fingerprint density at radius 2 is 1.93 bits per heavy atom. The molecule has 1 heterocycles. The Morgan fingerprint density at radius 1 is 1.21 bits per heavy atom. The van der Waals surface area contributed by atoms with Crippen LogP contribution >= 0.6 is 0 Å². The van der Waals surface area contributed by atoms with Gasteiger partial charge in [0.25, 0.3) is 0 Å². The quantitative estimate of drug-likeness (QED) is 0.716. The molecule has 3 aromatic rings. The van der Waals surface area contributed by atoms with Crippen molar-refractivity contribution in [2.75, 3.05) is 7.11 Å². The van der Waals surface area contributed by atoms with E-state index >= 15 is 0 Å². The maximum absolute atomic E-state index is 12.9. The zero-order chi connectivity index (χ0) is 20.1.